The summed E-state index contributed by atoms with van der Waals surface area (Å²) in [6.45, 7) is 4.11. The summed E-state index contributed by atoms with van der Waals surface area (Å²) in [6.07, 6.45) is 0. The van der Waals surface area contributed by atoms with Crippen molar-refractivity contribution >= 4 is 10.5 Å². The van der Waals surface area contributed by atoms with Crippen molar-refractivity contribution in [3.05, 3.63) is 59.9 Å². The van der Waals surface area contributed by atoms with Gasteiger partial charge in [-0.3, -0.25) is 0 Å². The molecule has 0 heterocycles. The summed E-state index contributed by atoms with van der Waals surface area (Å²) in [5.41, 5.74) is 2.80. The SMILES string of the molecule is CC(C)(O[SiH3])c1ccc(-c2cccc(F)c2)cc1. The van der Waals surface area contributed by atoms with E-state index in [1.54, 1.807) is 12.1 Å². The minimum atomic E-state index is -0.243. The smallest absolute Gasteiger partial charge is 0.147 e. The zero-order valence-electron chi connectivity index (χ0n) is 10.9. The molecule has 0 radical (unpaired) electrons. The largest absolute Gasteiger partial charge is 0.419 e. The summed E-state index contributed by atoms with van der Waals surface area (Å²) < 4.78 is 18.7. The zero-order valence-corrected chi connectivity index (χ0v) is 12.9. The highest BCUT2D eigenvalue weighted by Gasteiger charge is 2.18. The van der Waals surface area contributed by atoms with Crippen molar-refractivity contribution in [2.24, 2.45) is 0 Å². The quantitative estimate of drug-likeness (QED) is 0.771. The molecule has 0 aromatic heterocycles. The van der Waals surface area contributed by atoms with Crippen molar-refractivity contribution in [3.8, 4) is 11.1 Å². The molecule has 0 spiro atoms. The monoisotopic (exact) mass is 260 g/mol. The molecule has 0 atom stereocenters. The highest BCUT2D eigenvalue weighted by atomic mass is 28.2. The van der Waals surface area contributed by atoms with Crippen LogP contribution in [0.3, 0.4) is 0 Å². The van der Waals surface area contributed by atoms with Crippen LogP contribution in [0.25, 0.3) is 11.1 Å². The standard InChI is InChI=1S/C15H17FOSi/c1-15(2,17-18)13-8-6-11(7-9-13)12-4-3-5-14(16)10-12/h3-10H,1-2,18H3. The van der Waals surface area contributed by atoms with Crippen LogP contribution in [0, 0.1) is 5.82 Å². The van der Waals surface area contributed by atoms with Crippen molar-refractivity contribution < 1.29 is 8.82 Å². The van der Waals surface area contributed by atoms with Gasteiger partial charge in [0.1, 0.15) is 16.3 Å². The van der Waals surface area contributed by atoms with Crippen LogP contribution >= 0.6 is 0 Å². The normalized spacial score (nSPS) is 11.7. The lowest BCUT2D eigenvalue weighted by Gasteiger charge is -2.24. The maximum Gasteiger partial charge on any atom is 0.147 e. The molecule has 18 heavy (non-hydrogen) atoms. The van der Waals surface area contributed by atoms with E-state index in [-0.39, 0.29) is 11.4 Å². The van der Waals surface area contributed by atoms with E-state index in [0.717, 1.165) is 16.7 Å². The minimum Gasteiger partial charge on any atom is -0.419 e. The number of hydrogen-bond donors (Lipinski definition) is 0. The fourth-order valence-electron chi connectivity index (χ4n) is 1.85. The first-order chi connectivity index (χ1) is 8.53. The van der Waals surface area contributed by atoms with Gasteiger partial charge in [-0.25, -0.2) is 4.39 Å². The number of benzene rings is 2. The predicted molar refractivity (Wildman–Crippen MR) is 75.9 cm³/mol. The van der Waals surface area contributed by atoms with Gasteiger partial charge in [-0.1, -0.05) is 36.4 Å². The summed E-state index contributed by atoms with van der Waals surface area (Å²) in [5.74, 6) is -0.209. The Morgan fingerprint density at radius 1 is 1.00 bits per heavy atom. The Bertz CT molecular complexity index is 534. The van der Waals surface area contributed by atoms with Gasteiger partial charge in [-0.05, 0) is 42.7 Å². The second-order valence-electron chi connectivity index (χ2n) is 4.80. The van der Waals surface area contributed by atoms with Crippen molar-refractivity contribution in [1.82, 2.24) is 0 Å². The van der Waals surface area contributed by atoms with Gasteiger partial charge in [0.25, 0.3) is 0 Å². The molecule has 0 N–H and O–H groups in total. The molecule has 0 bridgehead atoms. The van der Waals surface area contributed by atoms with Crippen molar-refractivity contribution in [2.45, 2.75) is 19.4 Å². The van der Waals surface area contributed by atoms with Crippen molar-refractivity contribution in [3.63, 3.8) is 0 Å². The van der Waals surface area contributed by atoms with E-state index < -0.39 is 0 Å². The van der Waals surface area contributed by atoms with Crippen LogP contribution in [0.4, 0.5) is 4.39 Å². The number of hydrogen-bond acceptors (Lipinski definition) is 1. The Morgan fingerprint density at radius 2 is 1.67 bits per heavy atom. The van der Waals surface area contributed by atoms with Crippen LogP contribution in [0.15, 0.2) is 48.5 Å². The van der Waals surface area contributed by atoms with E-state index in [9.17, 15) is 4.39 Å². The Labute approximate surface area is 110 Å². The second kappa shape index (κ2) is 5.04. The van der Waals surface area contributed by atoms with Gasteiger partial charge in [0.05, 0.1) is 5.60 Å². The molecule has 0 aliphatic carbocycles. The van der Waals surface area contributed by atoms with Gasteiger partial charge in [-0.2, -0.15) is 0 Å². The summed E-state index contributed by atoms with van der Waals surface area (Å²) in [4.78, 5) is 0. The maximum absolute atomic E-state index is 13.2. The van der Waals surface area contributed by atoms with E-state index in [2.05, 4.69) is 13.8 Å². The molecule has 0 saturated heterocycles. The van der Waals surface area contributed by atoms with Crippen LogP contribution in [0.1, 0.15) is 19.4 Å². The molecular formula is C15H17FOSi. The third-order valence-electron chi connectivity index (χ3n) is 3.25. The molecule has 0 aliphatic heterocycles. The summed E-state index contributed by atoms with van der Waals surface area (Å²) in [5, 5.41) is 0. The summed E-state index contributed by atoms with van der Waals surface area (Å²) in [7, 11) is 0.705. The first kappa shape index (κ1) is 13.0. The molecule has 0 saturated carbocycles. The Morgan fingerprint density at radius 3 is 2.22 bits per heavy atom. The molecule has 2 aromatic rings. The Hall–Kier alpha value is -1.45. The van der Waals surface area contributed by atoms with Gasteiger partial charge >= 0.3 is 0 Å². The van der Waals surface area contributed by atoms with Gasteiger partial charge in [0.2, 0.25) is 0 Å². The minimum absolute atomic E-state index is 0.209. The van der Waals surface area contributed by atoms with Crippen LogP contribution in [-0.2, 0) is 10.0 Å². The zero-order chi connectivity index (χ0) is 13.2. The fraction of sp³-hybridized carbons (Fsp3) is 0.200. The van der Waals surface area contributed by atoms with Crippen molar-refractivity contribution in [1.29, 1.82) is 0 Å². The van der Waals surface area contributed by atoms with E-state index in [4.69, 9.17) is 4.43 Å². The summed E-state index contributed by atoms with van der Waals surface area (Å²) >= 11 is 0. The van der Waals surface area contributed by atoms with Crippen LogP contribution < -0.4 is 0 Å². The van der Waals surface area contributed by atoms with E-state index in [1.165, 1.54) is 6.07 Å². The number of halogens is 1. The highest BCUT2D eigenvalue weighted by molar-refractivity contribution is 5.98. The Kier molecular flexibility index (Phi) is 3.64. The number of rotatable bonds is 3. The molecule has 0 amide bonds. The predicted octanol–water partition coefficient (Wildman–Crippen LogP) is 3.02. The van der Waals surface area contributed by atoms with Crippen LogP contribution in [0.2, 0.25) is 0 Å². The third-order valence-corrected chi connectivity index (χ3v) is 4.27. The average molecular weight is 260 g/mol. The molecule has 2 aromatic carbocycles. The van der Waals surface area contributed by atoms with Gasteiger partial charge < -0.3 is 4.43 Å². The lowest BCUT2D eigenvalue weighted by Crippen LogP contribution is -2.19. The topological polar surface area (TPSA) is 9.23 Å². The van der Waals surface area contributed by atoms with Crippen molar-refractivity contribution in [2.75, 3.05) is 0 Å². The maximum atomic E-state index is 13.2. The van der Waals surface area contributed by atoms with Gasteiger partial charge in [0.15, 0.2) is 0 Å². The average Bonchev–Trinajstić information content (AvgIpc) is 2.39. The summed E-state index contributed by atoms with van der Waals surface area (Å²) in [6, 6.07) is 14.7. The lowest BCUT2D eigenvalue weighted by molar-refractivity contribution is 0.123. The molecule has 0 fully saturated rings. The molecule has 0 aliphatic rings. The molecule has 2 rings (SSSR count). The van der Waals surface area contributed by atoms with Crippen LogP contribution in [0.5, 0.6) is 0 Å². The fourth-order valence-corrected chi connectivity index (χ4v) is 2.09. The lowest BCUT2D eigenvalue weighted by atomic mass is 9.95. The molecule has 1 nitrogen and oxygen atoms in total. The molecular weight excluding hydrogens is 243 g/mol. The van der Waals surface area contributed by atoms with Gasteiger partial charge in [-0.15, -0.1) is 0 Å². The molecule has 3 heteroatoms. The van der Waals surface area contributed by atoms with E-state index in [0.29, 0.717) is 10.5 Å². The molecule has 94 valence electrons. The third kappa shape index (κ3) is 2.68. The first-order valence-electron chi connectivity index (χ1n) is 5.94. The Balaban J connectivity index is 2.33. The van der Waals surface area contributed by atoms with E-state index >= 15 is 0 Å². The second-order valence-corrected chi connectivity index (χ2v) is 5.21. The van der Waals surface area contributed by atoms with Crippen LogP contribution in [-0.4, -0.2) is 10.5 Å². The molecule has 0 unspecified atom stereocenters. The first-order valence-corrected chi connectivity index (χ1v) is 6.76. The highest BCUT2D eigenvalue weighted by Crippen LogP contribution is 2.27. The van der Waals surface area contributed by atoms with Gasteiger partial charge in [0, 0.05) is 0 Å². The van der Waals surface area contributed by atoms with E-state index in [1.807, 2.05) is 30.3 Å².